The number of nitrogens with one attached hydrogen (secondary N) is 1. The maximum absolute atomic E-state index is 10.9. The van der Waals surface area contributed by atoms with E-state index in [4.69, 9.17) is 11.6 Å². The number of aliphatic hydroxyl groups is 1. The molecule has 2 aromatic rings. The Morgan fingerprint density at radius 3 is 2.68 bits per heavy atom. The Morgan fingerprint density at radius 2 is 1.95 bits per heavy atom. The van der Waals surface area contributed by atoms with Crippen molar-refractivity contribution in [1.29, 1.82) is 0 Å². The van der Waals surface area contributed by atoms with Gasteiger partial charge in [-0.2, -0.15) is 5.10 Å². The van der Waals surface area contributed by atoms with Crippen LogP contribution in [0, 0.1) is 5.41 Å². The molecule has 1 heterocycles. The third kappa shape index (κ3) is 1.65. The standard InChI is InChI=1S/C15H17ClN2O/c16-11-5-10-7-17-18-13(10)12(6-11)15(19)8-14(9-15)3-1-2-4-14/h5-7,19H,1-4,8-9H2,(H,17,18). The molecule has 0 aliphatic heterocycles. The summed E-state index contributed by atoms with van der Waals surface area (Å²) >= 11 is 6.17. The van der Waals surface area contributed by atoms with Gasteiger partial charge in [-0.15, -0.1) is 0 Å². The van der Waals surface area contributed by atoms with Gasteiger partial charge in [0.2, 0.25) is 0 Å². The summed E-state index contributed by atoms with van der Waals surface area (Å²) in [6.07, 6.45) is 8.65. The number of aromatic amines is 1. The van der Waals surface area contributed by atoms with Gasteiger partial charge in [0.1, 0.15) is 0 Å². The molecule has 1 spiro atoms. The highest BCUT2D eigenvalue weighted by Crippen LogP contribution is 2.62. The van der Waals surface area contributed by atoms with Gasteiger partial charge >= 0.3 is 0 Å². The van der Waals surface area contributed by atoms with E-state index in [0.717, 1.165) is 29.3 Å². The van der Waals surface area contributed by atoms with Gasteiger partial charge < -0.3 is 5.11 Å². The monoisotopic (exact) mass is 276 g/mol. The predicted octanol–water partition coefficient (Wildman–Crippen LogP) is 3.76. The van der Waals surface area contributed by atoms with E-state index in [9.17, 15) is 5.11 Å². The lowest BCUT2D eigenvalue weighted by Gasteiger charge is -2.52. The van der Waals surface area contributed by atoms with Gasteiger partial charge in [0.15, 0.2) is 0 Å². The summed E-state index contributed by atoms with van der Waals surface area (Å²) in [4.78, 5) is 0. The van der Waals surface area contributed by atoms with E-state index in [2.05, 4.69) is 10.2 Å². The van der Waals surface area contributed by atoms with Gasteiger partial charge in [-0.25, -0.2) is 0 Å². The lowest BCUT2D eigenvalue weighted by Crippen LogP contribution is -2.48. The molecule has 0 atom stereocenters. The fourth-order valence-corrected chi connectivity index (χ4v) is 4.47. The smallest absolute Gasteiger partial charge is 0.0928 e. The first-order valence-corrected chi connectivity index (χ1v) is 7.34. The highest BCUT2D eigenvalue weighted by Gasteiger charge is 2.55. The quantitative estimate of drug-likeness (QED) is 0.833. The zero-order chi connectivity index (χ0) is 13.1. The molecule has 2 saturated carbocycles. The molecule has 2 fully saturated rings. The van der Waals surface area contributed by atoms with E-state index in [0.29, 0.717) is 10.4 Å². The molecule has 0 unspecified atom stereocenters. The second kappa shape index (κ2) is 3.74. The van der Waals surface area contributed by atoms with Crippen molar-refractivity contribution in [1.82, 2.24) is 10.2 Å². The molecule has 0 amide bonds. The maximum Gasteiger partial charge on any atom is 0.0928 e. The van der Waals surface area contributed by atoms with Gasteiger partial charge in [0.25, 0.3) is 0 Å². The molecule has 0 saturated heterocycles. The molecule has 1 aromatic heterocycles. The molecular formula is C15H17ClN2O. The average molecular weight is 277 g/mol. The van der Waals surface area contributed by atoms with Crippen molar-refractivity contribution in [2.24, 2.45) is 5.41 Å². The van der Waals surface area contributed by atoms with Gasteiger partial charge in [-0.05, 0) is 43.2 Å². The first kappa shape index (κ1) is 11.7. The van der Waals surface area contributed by atoms with Crippen LogP contribution in [0.1, 0.15) is 44.1 Å². The Kier molecular flexibility index (Phi) is 2.31. The maximum atomic E-state index is 10.9. The molecule has 19 heavy (non-hydrogen) atoms. The summed E-state index contributed by atoms with van der Waals surface area (Å²) in [5.74, 6) is 0. The van der Waals surface area contributed by atoms with Crippen molar-refractivity contribution in [3.8, 4) is 0 Å². The zero-order valence-electron chi connectivity index (χ0n) is 10.7. The number of hydrogen-bond acceptors (Lipinski definition) is 2. The summed E-state index contributed by atoms with van der Waals surface area (Å²) < 4.78 is 0. The number of fused-ring (bicyclic) bond motifs is 1. The molecular weight excluding hydrogens is 260 g/mol. The molecule has 0 bridgehead atoms. The fraction of sp³-hybridized carbons (Fsp3) is 0.533. The number of benzene rings is 1. The molecule has 2 aliphatic rings. The molecule has 0 radical (unpaired) electrons. The van der Waals surface area contributed by atoms with Crippen LogP contribution < -0.4 is 0 Å². The molecule has 4 rings (SSSR count). The van der Waals surface area contributed by atoms with E-state index in [1.807, 2.05) is 12.1 Å². The molecule has 2 aliphatic carbocycles. The van der Waals surface area contributed by atoms with E-state index in [1.165, 1.54) is 25.7 Å². The van der Waals surface area contributed by atoms with Crippen LogP contribution in [0.2, 0.25) is 5.02 Å². The number of aromatic nitrogens is 2. The van der Waals surface area contributed by atoms with Crippen LogP contribution in [-0.4, -0.2) is 15.3 Å². The Morgan fingerprint density at radius 1 is 1.21 bits per heavy atom. The summed E-state index contributed by atoms with van der Waals surface area (Å²) in [6.45, 7) is 0. The number of hydrogen-bond donors (Lipinski definition) is 2. The van der Waals surface area contributed by atoms with Crippen molar-refractivity contribution in [2.45, 2.75) is 44.1 Å². The minimum absolute atomic E-state index is 0.392. The Bertz CT molecular complexity index is 635. The number of H-pyrrole nitrogens is 1. The second-order valence-corrected chi connectivity index (χ2v) is 6.82. The predicted molar refractivity (Wildman–Crippen MR) is 75.1 cm³/mol. The van der Waals surface area contributed by atoms with E-state index in [-0.39, 0.29) is 0 Å². The van der Waals surface area contributed by atoms with E-state index in [1.54, 1.807) is 6.20 Å². The Labute approximate surface area is 117 Å². The molecule has 3 nitrogen and oxygen atoms in total. The third-order valence-electron chi connectivity index (χ3n) is 5.01. The van der Waals surface area contributed by atoms with Crippen LogP contribution >= 0.6 is 11.6 Å². The highest BCUT2D eigenvalue weighted by atomic mass is 35.5. The van der Waals surface area contributed by atoms with Crippen molar-refractivity contribution in [2.75, 3.05) is 0 Å². The van der Waals surface area contributed by atoms with Gasteiger partial charge in [0.05, 0.1) is 17.3 Å². The first-order chi connectivity index (χ1) is 9.10. The van der Waals surface area contributed by atoms with Crippen LogP contribution in [0.25, 0.3) is 10.9 Å². The van der Waals surface area contributed by atoms with Crippen molar-refractivity contribution in [3.05, 3.63) is 28.9 Å². The molecule has 100 valence electrons. The van der Waals surface area contributed by atoms with Crippen LogP contribution in [0.3, 0.4) is 0 Å². The molecule has 1 aromatic carbocycles. The van der Waals surface area contributed by atoms with Crippen molar-refractivity contribution >= 4 is 22.5 Å². The van der Waals surface area contributed by atoms with Crippen LogP contribution in [0.4, 0.5) is 0 Å². The van der Waals surface area contributed by atoms with E-state index >= 15 is 0 Å². The summed E-state index contributed by atoms with van der Waals surface area (Å²) in [6, 6.07) is 3.78. The first-order valence-electron chi connectivity index (χ1n) is 6.96. The summed E-state index contributed by atoms with van der Waals surface area (Å²) in [7, 11) is 0. The van der Waals surface area contributed by atoms with Crippen LogP contribution in [-0.2, 0) is 5.60 Å². The Hall–Kier alpha value is -1.06. The zero-order valence-corrected chi connectivity index (χ0v) is 11.5. The molecule has 4 heteroatoms. The van der Waals surface area contributed by atoms with Gasteiger partial charge in [0, 0.05) is 16.0 Å². The Balaban J connectivity index is 1.76. The summed E-state index contributed by atoms with van der Waals surface area (Å²) in [5, 5.41) is 19.7. The van der Waals surface area contributed by atoms with Crippen LogP contribution in [0.5, 0.6) is 0 Å². The van der Waals surface area contributed by atoms with Crippen molar-refractivity contribution < 1.29 is 5.11 Å². The number of rotatable bonds is 1. The van der Waals surface area contributed by atoms with Crippen LogP contribution in [0.15, 0.2) is 18.3 Å². The third-order valence-corrected chi connectivity index (χ3v) is 5.23. The lowest BCUT2D eigenvalue weighted by atomic mass is 9.56. The number of nitrogens with zero attached hydrogens (tertiary/aromatic N) is 1. The largest absolute Gasteiger partial charge is 0.385 e. The lowest BCUT2D eigenvalue weighted by molar-refractivity contribution is -0.131. The fourth-order valence-electron chi connectivity index (χ4n) is 4.25. The van der Waals surface area contributed by atoms with Gasteiger partial charge in [-0.3, -0.25) is 5.10 Å². The summed E-state index contributed by atoms with van der Waals surface area (Å²) in [5.41, 5.74) is 1.52. The van der Waals surface area contributed by atoms with Gasteiger partial charge in [-0.1, -0.05) is 24.4 Å². The average Bonchev–Trinajstić information content (AvgIpc) is 2.95. The molecule has 2 N–H and O–H groups in total. The SMILES string of the molecule is OC1(c2cc(Cl)cc3cn[nH]c23)CC2(CCCC2)C1. The highest BCUT2D eigenvalue weighted by molar-refractivity contribution is 6.31. The van der Waals surface area contributed by atoms with E-state index < -0.39 is 5.60 Å². The normalized spacial score (nSPS) is 23.9. The van der Waals surface area contributed by atoms with Crippen molar-refractivity contribution in [3.63, 3.8) is 0 Å². The minimum Gasteiger partial charge on any atom is -0.385 e. The second-order valence-electron chi connectivity index (χ2n) is 6.38. The topological polar surface area (TPSA) is 48.9 Å². The number of halogens is 1. The minimum atomic E-state index is -0.722.